The predicted octanol–water partition coefficient (Wildman–Crippen LogP) is 3.49. The zero-order valence-corrected chi connectivity index (χ0v) is 12.5. The van der Waals surface area contributed by atoms with Gasteiger partial charge < -0.3 is 0 Å². The molecule has 1 aliphatic carbocycles. The molecule has 0 aliphatic heterocycles. The van der Waals surface area contributed by atoms with E-state index in [2.05, 4.69) is 32.9 Å². The van der Waals surface area contributed by atoms with E-state index in [4.69, 9.17) is 0 Å². The smallest absolute Gasteiger partial charge is 0.257 e. The molecule has 0 spiro atoms. The molecule has 0 bridgehead atoms. The molecule has 1 N–H and O–H groups in total. The molecule has 0 unspecified atom stereocenters. The first-order chi connectivity index (χ1) is 8.72. The summed E-state index contributed by atoms with van der Waals surface area (Å²) in [6.45, 7) is 0. The van der Waals surface area contributed by atoms with Crippen molar-refractivity contribution in [2.45, 2.75) is 19.3 Å². The number of nitrogens with zero attached hydrogens (tertiary/aromatic N) is 1. The number of carbonyl (C=O) groups is 1. The molecule has 1 aromatic carbocycles. The van der Waals surface area contributed by atoms with Crippen molar-refractivity contribution in [2.24, 2.45) is 0 Å². The number of hydrogen-bond donors (Lipinski definition) is 1. The van der Waals surface area contributed by atoms with Gasteiger partial charge in [0.05, 0.1) is 5.69 Å². The number of halogens is 1. The molecule has 0 fully saturated rings. The fourth-order valence-corrected chi connectivity index (χ4v) is 3.63. The Balaban J connectivity index is 1.78. The lowest BCUT2D eigenvalue weighted by Gasteiger charge is -2.02. The summed E-state index contributed by atoms with van der Waals surface area (Å²) in [6.07, 6.45) is 3.34. The van der Waals surface area contributed by atoms with Crippen LogP contribution in [0.5, 0.6) is 0 Å². The van der Waals surface area contributed by atoms with Gasteiger partial charge in [-0.15, -0.1) is 11.3 Å². The normalized spacial score (nSPS) is 13.4. The molecule has 1 aromatic heterocycles. The van der Waals surface area contributed by atoms with Crippen molar-refractivity contribution in [1.29, 1.82) is 0 Å². The Labute approximate surface area is 123 Å². The third-order valence-electron chi connectivity index (χ3n) is 2.90. The van der Waals surface area contributed by atoms with E-state index in [-0.39, 0.29) is 5.91 Å². The van der Waals surface area contributed by atoms with Crippen molar-refractivity contribution < 1.29 is 4.79 Å². The number of anilines is 1. The Morgan fingerprint density at radius 1 is 1.39 bits per heavy atom. The van der Waals surface area contributed by atoms with Gasteiger partial charge in [-0.05, 0) is 60.1 Å². The zero-order valence-electron chi connectivity index (χ0n) is 9.57. The number of fused-ring (bicyclic) bond motifs is 1. The van der Waals surface area contributed by atoms with Crippen molar-refractivity contribution in [3.63, 3.8) is 0 Å². The number of amides is 1. The number of nitrogens with one attached hydrogen (secondary N) is 1. The summed E-state index contributed by atoms with van der Waals surface area (Å²) in [5.74, 6) is -0.0825. The van der Waals surface area contributed by atoms with E-state index in [1.54, 1.807) is 11.3 Å². The molecule has 0 saturated heterocycles. The number of benzene rings is 1. The van der Waals surface area contributed by atoms with Gasteiger partial charge in [0.15, 0.2) is 5.13 Å². The first kappa shape index (κ1) is 12.1. The molecule has 0 radical (unpaired) electrons. The number of thiazole rings is 1. The van der Waals surface area contributed by atoms with Gasteiger partial charge in [-0.2, -0.15) is 0 Å². The second kappa shape index (κ2) is 4.97. The van der Waals surface area contributed by atoms with Crippen LogP contribution in [0.25, 0.3) is 0 Å². The molecule has 92 valence electrons. The first-order valence-electron chi connectivity index (χ1n) is 5.78. The highest BCUT2D eigenvalue weighted by Crippen LogP contribution is 2.30. The van der Waals surface area contributed by atoms with Gasteiger partial charge in [0.25, 0.3) is 5.91 Å². The molecule has 0 saturated carbocycles. The summed E-state index contributed by atoms with van der Waals surface area (Å²) in [6, 6.07) is 7.55. The number of hydrogen-bond acceptors (Lipinski definition) is 3. The summed E-state index contributed by atoms with van der Waals surface area (Å²) in [7, 11) is 0. The maximum atomic E-state index is 12.0. The van der Waals surface area contributed by atoms with E-state index in [1.165, 1.54) is 11.3 Å². The van der Waals surface area contributed by atoms with Gasteiger partial charge in [0.2, 0.25) is 0 Å². The monoisotopic (exact) mass is 370 g/mol. The quantitative estimate of drug-likeness (QED) is 0.823. The van der Waals surface area contributed by atoms with E-state index in [9.17, 15) is 4.79 Å². The molecule has 1 heterocycles. The van der Waals surface area contributed by atoms with Crippen molar-refractivity contribution in [2.75, 3.05) is 5.32 Å². The van der Waals surface area contributed by atoms with E-state index in [0.29, 0.717) is 5.56 Å². The Bertz CT molecular complexity index is 587. The van der Waals surface area contributed by atoms with Crippen molar-refractivity contribution in [3.8, 4) is 0 Å². The molecule has 2 aromatic rings. The molecular formula is C13H11IN2OS. The molecular weight excluding hydrogens is 359 g/mol. The number of carbonyl (C=O) groups excluding carboxylic acids is 1. The molecule has 1 aliphatic rings. The first-order valence-corrected chi connectivity index (χ1v) is 7.67. The van der Waals surface area contributed by atoms with Crippen molar-refractivity contribution >= 4 is 45.0 Å². The third-order valence-corrected chi connectivity index (χ3v) is 4.65. The molecule has 3 rings (SSSR count). The second-order valence-corrected chi connectivity index (χ2v) is 6.54. The highest BCUT2D eigenvalue weighted by atomic mass is 127. The number of aryl methyl sites for hydroxylation is 2. The van der Waals surface area contributed by atoms with E-state index in [0.717, 1.165) is 27.2 Å². The van der Waals surface area contributed by atoms with Crippen LogP contribution in [0.15, 0.2) is 24.3 Å². The van der Waals surface area contributed by atoms with Crippen LogP contribution in [0, 0.1) is 3.57 Å². The summed E-state index contributed by atoms with van der Waals surface area (Å²) < 4.78 is 1.06. The minimum atomic E-state index is -0.0825. The van der Waals surface area contributed by atoms with E-state index >= 15 is 0 Å². The van der Waals surface area contributed by atoms with Crippen molar-refractivity contribution in [3.05, 3.63) is 44.0 Å². The minimum absolute atomic E-state index is 0.0825. The molecule has 18 heavy (non-hydrogen) atoms. The van der Waals surface area contributed by atoms with Crippen LogP contribution >= 0.6 is 33.9 Å². The Morgan fingerprint density at radius 3 is 3.06 bits per heavy atom. The SMILES string of the molecule is O=C(Nc1nc2c(s1)CCC2)c1cccc(I)c1. The number of aromatic nitrogens is 1. The summed E-state index contributed by atoms with van der Waals surface area (Å²) >= 11 is 3.81. The van der Waals surface area contributed by atoms with Gasteiger partial charge in [-0.25, -0.2) is 4.98 Å². The van der Waals surface area contributed by atoms with E-state index in [1.807, 2.05) is 24.3 Å². The molecule has 5 heteroatoms. The molecule has 3 nitrogen and oxygen atoms in total. The fraction of sp³-hybridized carbons (Fsp3) is 0.231. The highest BCUT2D eigenvalue weighted by molar-refractivity contribution is 14.1. The Hall–Kier alpha value is -0.950. The van der Waals surface area contributed by atoms with E-state index < -0.39 is 0 Å². The lowest BCUT2D eigenvalue weighted by atomic mass is 10.2. The van der Waals surface area contributed by atoms with Crippen LogP contribution in [-0.4, -0.2) is 10.9 Å². The summed E-state index contributed by atoms with van der Waals surface area (Å²) in [5, 5.41) is 3.61. The minimum Gasteiger partial charge on any atom is -0.298 e. The summed E-state index contributed by atoms with van der Waals surface area (Å²) in [5.41, 5.74) is 1.84. The fourth-order valence-electron chi connectivity index (χ4n) is 2.04. The average Bonchev–Trinajstić information content (AvgIpc) is 2.89. The van der Waals surface area contributed by atoms with Crippen LogP contribution < -0.4 is 5.32 Å². The maximum absolute atomic E-state index is 12.0. The van der Waals surface area contributed by atoms with Crippen LogP contribution in [0.2, 0.25) is 0 Å². The third kappa shape index (κ3) is 2.42. The van der Waals surface area contributed by atoms with Gasteiger partial charge in [-0.1, -0.05) is 6.07 Å². The highest BCUT2D eigenvalue weighted by Gasteiger charge is 2.18. The maximum Gasteiger partial charge on any atom is 0.257 e. The topological polar surface area (TPSA) is 42.0 Å². The standard InChI is InChI=1S/C13H11IN2OS/c14-9-4-1-3-8(7-9)12(17)16-13-15-10-5-2-6-11(10)18-13/h1,3-4,7H,2,5-6H2,(H,15,16,17). The lowest BCUT2D eigenvalue weighted by molar-refractivity contribution is 0.102. The zero-order chi connectivity index (χ0) is 12.5. The Kier molecular flexibility index (Phi) is 3.34. The van der Waals surface area contributed by atoms with Crippen LogP contribution in [0.3, 0.4) is 0 Å². The Morgan fingerprint density at radius 2 is 2.28 bits per heavy atom. The second-order valence-electron chi connectivity index (χ2n) is 4.21. The van der Waals surface area contributed by atoms with Crippen LogP contribution in [0.1, 0.15) is 27.3 Å². The molecule has 0 atom stereocenters. The van der Waals surface area contributed by atoms with Crippen LogP contribution in [0.4, 0.5) is 5.13 Å². The average molecular weight is 370 g/mol. The van der Waals surface area contributed by atoms with Gasteiger partial charge in [0.1, 0.15) is 0 Å². The van der Waals surface area contributed by atoms with Crippen LogP contribution in [-0.2, 0) is 12.8 Å². The van der Waals surface area contributed by atoms with Crippen molar-refractivity contribution in [1.82, 2.24) is 4.98 Å². The predicted molar refractivity (Wildman–Crippen MR) is 81.3 cm³/mol. The van der Waals surface area contributed by atoms with Gasteiger partial charge in [0, 0.05) is 14.0 Å². The number of rotatable bonds is 2. The lowest BCUT2D eigenvalue weighted by Crippen LogP contribution is -2.11. The van der Waals surface area contributed by atoms with Gasteiger partial charge in [-0.3, -0.25) is 10.1 Å². The van der Waals surface area contributed by atoms with Gasteiger partial charge >= 0.3 is 0 Å². The summed E-state index contributed by atoms with van der Waals surface area (Å²) in [4.78, 5) is 17.8. The molecule has 1 amide bonds. The largest absolute Gasteiger partial charge is 0.298 e.